The van der Waals surface area contributed by atoms with E-state index in [1.54, 1.807) is 0 Å². The third-order valence-electron chi connectivity index (χ3n) is 3.76. The maximum atomic E-state index is 9.37. The molecule has 0 aliphatic heterocycles. The largest absolute Gasteiger partial charge is 0.494 e. The van der Waals surface area contributed by atoms with E-state index in [9.17, 15) is 5.11 Å². The van der Waals surface area contributed by atoms with E-state index >= 15 is 0 Å². The first-order chi connectivity index (χ1) is 8.60. The van der Waals surface area contributed by atoms with Crippen LogP contribution in [0.5, 0.6) is 5.75 Å². The number of ether oxygens (including phenoxy) is 1. The molecular weight excluding hydrogens is 226 g/mol. The van der Waals surface area contributed by atoms with Crippen LogP contribution in [0.25, 0.3) is 0 Å². The summed E-state index contributed by atoms with van der Waals surface area (Å²) in [5, 5.41) is 9.37. The molecule has 2 rings (SSSR count). The van der Waals surface area contributed by atoms with Gasteiger partial charge in [0, 0.05) is 24.7 Å². The molecule has 100 valence electrons. The van der Waals surface area contributed by atoms with E-state index in [1.165, 1.54) is 5.69 Å². The number of benzene rings is 1. The molecule has 1 N–H and O–H groups in total. The molecular formula is C15H23NO2. The summed E-state index contributed by atoms with van der Waals surface area (Å²) < 4.78 is 5.55. The van der Waals surface area contributed by atoms with E-state index in [0.717, 1.165) is 30.7 Å². The number of hydrogen-bond acceptors (Lipinski definition) is 3. The van der Waals surface area contributed by atoms with Crippen LogP contribution in [0.15, 0.2) is 18.2 Å². The van der Waals surface area contributed by atoms with Crippen LogP contribution in [0.2, 0.25) is 0 Å². The highest BCUT2D eigenvalue weighted by atomic mass is 16.5. The first kappa shape index (κ1) is 13.2. The average Bonchev–Trinajstić information content (AvgIpc) is 3.12. The van der Waals surface area contributed by atoms with Crippen LogP contribution in [0.4, 0.5) is 5.69 Å². The van der Waals surface area contributed by atoms with Gasteiger partial charge in [0.05, 0.1) is 13.2 Å². The van der Waals surface area contributed by atoms with Gasteiger partial charge in [0.25, 0.3) is 0 Å². The van der Waals surface area contributed by atoms with Crippen molar-refractivity contribution in [1.82, 2.24) is 0 Å². The van der Waals surface area contributed by atoms with E-state index in [1.807, 2.05) is 13.0 Å². The van der Waals surface area contributed by atoms with Gasteiger partial charge in [-0.1, -0.05) is 0 Å². The number of aliphatic hydroxyl groups excluding tert-OH is 1. The normalized spacial score (nSPS) is 16.4. The molecule has 0 heterocycles. The fraction of sp³-hybridized carbons (Fsp3) is 0.600. The molecule has 1 fully saturated rings. The van der Waals surface area contributed by atoms with Gasteiger partial charge in [-0.15, -0.1) is 0 Å². The van der Waals surface area contributed by atoms with Crippen molar-refractivity contribution >= 4 is 5.69 Å². The molecule has 3 nitrogen and oxygen atoms in total. The van der Waals surface area contributed by atoms with Crippen LogP contribution in [-0.2, 0) is 0 Å². The van der Waals surface area contributed by atoms with Crippen molar-refractivity contribution in [2.45, 2.75) is 26.7 Å². The Hall–Kier alpha value is -1.22. The fourth-order valence-electron chi connectivity index (χ4n) is 2.33. The lowest BCUT2D eigenvalue weighted by molar-refractivity contribution is 0.215. The van der Waals surface area contributed by atoms with E-state index in [-0.39, 0.29) is 5.41 Å². The van der Waals surface area contributed by atoms with Crippen LogP contribution in [-0.4, -0.2) is 31.9 Å². The molecule has 0 saturated heterocycles. The van der Waals surface area contributed by atoms with Crippen LogP contribution < -0.4 is 9.64 Å². The predicted octanol–water partition coefficient (Wildman–Crippen LogP) is 2.60. The molecule has 1 aromatic carbocycles. The van der Waals surface area contributed by atoms with Crippen LogP contribution >= 0.6 is 0 Å². The highest BCUT2D eigenvalue weighted by molar-refractivity contribution is 5.52. The van der Waals surface area contributed by atoms with Crippen molar-refractivity contribution in [2.24, 2.45) is 5.41 Å². The third kappa shape index (κ3) is 2.78. The molecule has 0 spiro atoms. The Balaban J connectivity index is 2.06. The Morgan fingerprint density at radius 2 is 2.11 bits per heavy atom. The Labute approximate surface area is 109 Å². The van der Waals surface area contributed by atoms with Gasteiger partial charge in [-0.3, -0.25) is 0 Å². The fourth-order valence-corrected chi connectivity index (χ4v) is 2.33. The van der Waals surface area contributed by atoms with Gasteiger partial charge in [0.2, 0.25) is 0 Å². The van der Waals surface area contributed by atoms with Crippen LogP contribution in [0, 0.1) is 12.3 Å². The lowest BCUT2D eigenvalue weighted by Crippen LogP contribution is -2.28. The van der Waals surface area contributed by atoms with E-state index in [4.69, 9.17) is 4.74 Å². The molecule has 1 aliphatic carbocycles. The molecule has 1 aromatic rings. The van der Waals surface area contributed by atoms with Gasteiger partial charge in [-0.25, -0.2) is 0 Å². The summed E-state index contributed by atoms with van der Waals surface area (Å²) >= 11 is 0. The van der Waals surface area contributed by atoms with Gasteiger partial charge < -0.3 is 14.7 Å². The summed E-state index contributed by atoms with van der Waals surface area (Å²) in [6.07, 6.45) is 2.29. The third-order valence-corrected chi connectivity index (χ3v) is 3.76. The lowest BCUT2D eigenvalue weighted by Gasteiger charge is -2.25. The standard InChI is InChI=1S/C15H23NO2/c1-4-18-14-6-5-13(9-12(14)2)16(3)10-15(11-17)7-8-15/h5-6,9,17H,4,7-8,10-11H2,1-3H3. The number of nitrogens with zero attached hydrogens (tertiary/aromatic N) is 1. The highest BCUT2D eigenvalue weighted by Gasteiger charge is 2.42. The Kier molecular flexibility index (Phi) is 3.81. The van der Waals surface area contributed by atoms with Crippen LogP contribution in [0.1, 0.15) is 25.3 Å². The van der Waals surface area contributed by atoms with Gasteiger partial charge >= 0.3 is 0 Å². The van der Waals surface area contributed by atoms with Gasteiger partial charge in [0.15, 0.2) is 0 Å². The maximum absolute atomic E-state index is 9.37. The van der Waals surface area contributed by atoms with Crippen molar-refractivity contribution in [3.05, 3.63) is 23.8 Å². The lowest BCUT2D eigenvalue weighted by atomic mass is 10.1. The zero-order chi connectivity index (χ0) is 13.2. The average molecular weight is 249 g/mol. The monoisotopic (exact) mass is 249 g/mol. The van der Waals surface area contributed by atoms with E-state index in [0.29, 0.717) is 13.2 Å². The molecule has 3 heteroatoms. The Bertz CT molecular complexity index is 413. The van der Waals surface area contributed by atoms with E-state index < -0.39 is 0 Å². The number of aryl methyl sites for hydroxylation is 1. The molecule has 0 radical (unpaired) electrons. The topological polar surface area (TPSA) is 32.7 Å². The number of aliphatic hydroxyl groups is 1. The van der Waals surface area contributed by atoms with Crippen LogP contribution in [0.3, 0.4) is 0 Å². The molecule has 18 heavy (non-hydrogen) atoms. The molecule has 0 aromatic heterocycles. The molecule has 0 bridgehead atoms. The maximum Gasteiger partial charge on any atom is 0.122 e. The SMILES string of the molecule is CCOc1ccc(N(C)CC2(CO)CC2)cc1C. The first-order valence-corrected chi connectivity index (χ1v) is 6.66. The predicted molar refractivity (Wildman–Crippen MR) is 74.4 cm³/mol. The van der Waals surface area contributed by atoms with Gasteiger partial charge in [-0.2, -0.15) is 0 Å². The summed E-state index contributed by atoms with van der Waals surface area (Å²) in [6.45, 7) is 5.99. The zero-order valence-corrected chi connectivity index (χ0v) is 11.6. The minimum atomic E-state index is 0.154. The van der Waals surface area contributed by atoms with Gasteiger partial charge in [-0.05, 0) is 50.5 Å². The highest BCUT2D eigenvalue weighted by Crippen LogP contribution is 2.46. The Morgan fingerprint density at radius 1 is 1.39 bits per heavy atom. The molecule has 1 aliphatic rings. The molecule has 0 atom stereocenters. The smallest absolute Gasteiger partial charge is 0.122 e. The zero-order valence-electron chi connectivity index (χ0n) is 11.6. The second-order valence-corrected chi connectivity index (χ2v) is 5.40. The van der Waals surface area contributed by atoms with Crippen molar-refractivity contribution in [3.8, 4) is 5.75 Å². The molecule has 0 amide bonds. The number of rotatable bonds is 6. The summed E-state index contributed by atoms with van der Waals surface area (Å²) in [5.74, 6) is 0.956. The summed E-state index contributed by atoms with van der Waals surface area (Å²) in [7, 11) is 2.09. The summed E-state index contributed by atoms with van der Waals surface area (Å²) in [5.41, 5.74) is 2.51. The second-order valence-electron chi connectivity index (χ2n) is 5.40. The second kappa shape index (κ2) is 5.19. The Morgan fingerprint density at radius 3 is 2.61 bits per heavy atom. The molecule has 0 unspecified atom stereocenters. The minimum absolute atomic E-state index is 0.154. The van der Waals surface area contributed by atoms with E-state index in [2.05, 4.69) is 31.0 Å². The number of hydrogen-bond donors (Lipinski definition) is 1. The minimum Gasteiger partial charge on any atom is -0.494 e. The van der Waals surface area contributed by atoms with Crippen molar-refractivity contribution in [3.63, 3.8) is 0 Å². The van der Waals surface area contributed by atoms with Gasteiger partial charge in [0.1, 0.15) is 5.75 Å². The first-order valence-electron chi connectivity index (χ1n) is 6.66. The quantitative estimate of drug-likeness (QED) is 0.841. The number of anilines is 1. The van der Waals surface area contributed by atoms with Crippen molar-refractivity contribution in [2.75, 3.05) is 31.7 Å². The summed E-state index contributed by atoms with van der Waals surface area (Å²) in [4.78, 5) is 2.23. The summed E-state index contributed by atoms with van der Waals surface area (Å²) in [6, 6.07) is 6.27. The molecule has 1 saturated carbocycles. The van der Waals surface area contributed by atoms with Crippen molar-refractivity contribution < 1.29 is 9.84 Å². The van der Waals surface area contributed by atoms with Crippen molar-refractivity contribution in [1.29, 1.82) is 0 Å².